The molecule has 0 saturated heterocycles. The van der Waals surface area contributed by atoms with Gasteiger partial charge in [-0.05, 0) is 30.2 Å². The Morgan fingerprint density at radius 2 is 2.00 bits per heavy atom. The van der Waals surface area contributed by atoms with Crippen molar-refractivity contribution in [3.05, 3.63) is 35.5 Å². The monoisotopic (exact) mass is 217 g/mol. The molecule has 0 radical (unpaired) electrons. The molecule has 0 amide bonds. The molecule has 2 rings (SSSR count). The molecule has 0 saturated carbocycles. The minimum atomic E-state index is -0.170. The Balaban J connectivity index is 2.64. The summed E-state index contributed by atoms with van der Waals surface area (Å²) in [5.74, 6) is 0. The average Bonchev–Trinajstić information content (AvgIpc) is 2.54. The molecule has 0 spiro atoms. The van der Waals surface area contributed by atoms with Gasteiger partial charge in [0, 0.05) is 29.6 Å². The van der Waals surface area contributed by atoms with Gasteiger partial charge in [0.25, 0.3) is 0 Å². The second-order valence-corrected chi connectivity index (χ2v) is 5.20. The highest BCUT2D eigenvalue weighted by atomic mass is 16.3. The van der Waals surface area contributed by atoms with Gasteiger partial charge >= 0.3 is 0 Å². The van der Waals surface area contributed by atoms with Crippen LogP contribution in [0.1, 0.15) is 25.0 Å². The summed E-state index contributed by atoms with van der Waals surface area (Å²) in [6.07, 6.45) is 2.14. The van der Waals surface area contributed by atoms with Crippen molar-refractivity contribution in [1.82, 2.24) is 4.57 Å². The fourth-order valence-corrected chi connectivity index (χ4v) is 2.10. The maximum Gasteiger partial charge on any atom is 0.0522 e. The van der Waals surface area contributed by atoms with Crippen molar-refractivity contribution in [3.8, 4) is 0 Å². The van der Waals surface area contributed by atoms with Crippen LogP contribution in [-0.4, -0.2) is 16.3 Å². The van der Waals surface area contributed by atoms with Crippen molar-refractivity contribution in [1.29, 1.82) is 0 Å². The number of aromatic nitrogens is 1. The van der Waals surface area contributed by atoms with Crippen molar-refractivity contribution in [2.24, 2.45) is 7.05 Å². The Bertz CT molecular complexity index is 523. The van der Waals surface area contributed by atoms with Crippen molar-refractivity contribution >= 4 is 10.9 Å². The van der Waals surface area contributed by atoms with Gasteiger partial charge < -0.3 is 9.67 Å². The van der Waals surface area contributed by atoms with Crippen molar-refractivity contribution in [2.75, 3.05) is 6.61 Å². The lowest BCUT2D eigenvalue weighted by Crippen LogP contribution is -2.21. The Kier molecular flexibility index (Phi) is 2.55. The number of aryl methyl sites for hydroxylation is 2. The lowest BCUT2D eigenvalue weighted by molar-refractivity contribution is 0.218. The van der Waals surface area contributed by atoms with Gasteiger partial charge in [-0.1, -0.05) is 19.9 Å². The number of hydrogen-bond donors (Lipinski definition) is 1. The van der Waals surface area contributed by atoms with E-state index in [-0.39, 0.29) is 12.0 Å². The topological polar surface area (TPSA) is 25.2 Å². The third kappa shape index (κ3) is 1.63. The standard InChI is InChI=1S/C14H19NO/c1-10-8-15(4)13-6-5-11(7-12(10)13)14(2,3)9-16/h5-8,16H,9H2,1-4H3. The molecule has 0 aliphatic heterocycles. The summed E-state index contributed by atoms with van der Waals surface area (Å²) in [6, 6.07) is 6.44. The smallest absolute Gasteiger partial charge is 0.0522 e. The van der Waals surface area contributed by atoms with Crippen LogP contribution >= 0.6 is 0 Å². The summed E-state index contributed by atoms with van der Waals surface area (Å²) in [6.45, 7) is 6.42. The van der Waals surface area contributed by atoms with Gasteiger partial charge in [-0.25, -0.2) is 0 Å². The van der Waals surface area contributed by atoms with E-state index in [1.54, 1.807) is 0 Å². The SMILES string of the molecule is Cc1cn(C)c2ccc(C(C)(C)CO)cc12. The van der Waals surface area contributed by atoms with E-state index in [9.17, 15) is 5.11 Å². The lowest BCUT2D eigenvalue weighted by atomic mass is 9.85. The zero-order valence-electron chi connectivity index (χ0n) is 10.4. The predicted octanol–water partition coefficient (Wildman–Crippen LogP) is 2.76. The number of aliphatic hydroxyl groups excluding tert-OH is 1. The molecule has 1 aromatic heterocycles. The van der Waals surface area contributed by atoms with Gasteiger partial charge in [-0.2, -0.15) is 0 Å². The number of rotatable bonds is 2. The van der Waals surface area contributed by atoms with Crippen LogP contribution in [0.3, 0.4) is 0 Å². The van der Waals surface area contributed by atoms with Gasteiger partial charge in [0.05, 0.1) is 6.61 Å². The van der Waals surface area contributed by atoms with Crippen LogP contribution in [0.5, 0.6) is 0 Å². The third-order valence-electron chi connectivity index (χ3n) is 3.37. The van der Waals surface area contributed by atoms with Gasteiger partial charge in [0.2, 0.25) is 0 Å². The van der Waals surface area contributed by atoms with Crippen LogP contribution in [0.4, 0.5) is 0 Å². The highest BCUT2D eigenvalue weighted by Crippen LogP contribution is 2.28. The number of fused-ring (bicyclic) bond motifs is 1. The van der Waals surface area contributed by atoms with E-state index in [2.05, 4.69) is 56.8 Å². The molecule has 2 aromatic rings. The van der Waals surface area contributed by atoms with E-state index in [1.807, 2.05) is 0 Å². The van der Waals surface area contributed by atoms with Gasteiger partial charge in [0.15, 0.2) is 0 Å². The first-order chi connectivity index (χ1) is 7.45. The van der Waals surface area contributed by atoms with Crippen LogP contribution < -0.4 is 0 Å². The first-order valence-electron chi connectivity index (χ1n) is 5.63. The van der Waals surface area contributed by atoms with E-state index in [1.165, 1.54) is 22.0 Å². The van der Waals surface area contributed by atoms with Crippen LogP contribution in [0, 0.1) is 6.92 Å². The molecule has 16 heavy (non-hydrogen) atoms. The Hall–Kier alpha value is -1.28. The van der Waals surface area contributed by atoms with Crippen LogP contribution in [0.2, 0.25) is 0 Å². The predicted molar refractivity (Wildman–Crippen MR) is 67.8 cm³/mol. The molecular weight excluding hydrogens is 198 g/mol. The van der Waals surface area contributed by atoms with Crippen LogP contribution in [0.15, 0.2) is 24.4 Å². The van der Waals surface area contributed by atoms with E-state index < -0.39 is 0 Å². The van der Waals surface area contributed by atoms with E-state index in [0.29, 0.717) is 0 Å². The molecule has 86 valence electrons. The molecule has 0 atom stereocenters. The van der Waals surface area contributed by atoms with Crippen molar-refractivity contribution < 1.29 is 5.11 Å². The van der Waals surface area contributed by atoms with E-state index in [4.69, 9.17) is 0 Å². The van der Waals surface area contributed by atoms with E-state index in [0.717, 1.165) is 0 Å². The fraction of sp³-hybridized carbons (Fsp3) is 0.429. The van der Waals surface area contributed by atoms with Gasteiger partial charge in [-0.3, -0.25) is 0 Å². The molecular formula is C14H19NO. The normalized spacial score (nSPS) is 12.3. The second kappa shape index (κ2) is 3.63. The highest BCUT2D eigenvalue weighted by molar-refractivity contribution is 5.84. The summed E-state index contributed by atoms with van der Waals surface area (Å²) >= 11 is 0. The number of nitrogens with zero attached hydrogens (tertiary/aromatic N) is 1. The molecule has 2 heteroatoms. The summed E-state index contributed by atoms with van der Waals surface area (Å²) in [5, 5.41) is 10.7. The maximum atomic E-state index is 9.39. The molecule has 0 fully saturated rings. The average molecular weight is 217 g/mol. The molecule has 2 nitrogen and oxygen atoms in total. The first-order valence-corrected chi connectivity index (χ1v) is 5.63. The maximum absolute atomic E-state index is 9.39. The Morgan fingerprint density at radius 1 is 1.31 bits per heavy atom. The first kappa shape index (κ1) is 11.2. The number of benzene rings is 1. The third-order valence-corrected chi connectivity index (χ3v) is 3.37. The van der Waals surface area contributed by atoms with Gasteiger partial charge in [-0.15, -0.1) is 0 Å². The zero-order chi connectivity index (χ0) is 11.9. The molecule has 0 bridgehead atoms. The number of aliphatic hydroxyl groups is 1. The molecule has 1 aromatic carbocycles. The molecule has 0 unspecified atom stereocenters. The number of hydrogen-bond acceptors (Lipinski definition) is 1. The van der Waals surface area contributed by atoms with Gasteiger partial charge in [0.1, 0.15) is 0 Å². The zero-order valence-corrected chi connectivity index (χ0v) is 10.4. The van der Waals surface area contributed by atoms with E-state index >= 15 is 0 Å². The summed E-state index contributed by atoms with van der Waals surface area (Å²) < 4.78 is 2.14. The minimum Gasteiger partial charge on any atom is -0.395 e. The molecule has 0 aliphatic rings. The minimum absolute atomic E-state index is 0.170. The summed E-state index contributed by atoms with van der Waals surface area (Å²) in [7, 11) is 2.06. The highest BCUT2D eigenvalue weighted by Gasteiger charge is 2.20. The lowest BCUT2D eigenvalue weighted by Gasteiger charge is -2.22. The van der Waals surface area contributed by atoms with Crippen molar-refractivity contribution in [2.45, 2.75) is 26.2 Å². The second-order valence-electron chi connectivity index (χ2n) is 5.20. The molecule has 1 N–H and O–H groups in total. The summed E-state index contributed by atoms with van der Waals surface area (Å²) in [5.41, 5.74) is 3.55. The summed E-state index contributed by atoms with van der Waals surface area (Å²) in [4.78, 5) is 0. The van der Waals surface area contributed by atoms with Crippen LogP contribution in [-0.2, 0) is 12.5 Å². The quantitative estimate of drug-likeness (QED) is 0.822. The molecule has 0 aliphatic carbocycles. The Labute approximate surface area is 96.5 Å². The van der Waals surface area contributed by atoms with Crippen LogP contribution in [0.25, 0.3) is 10.9 Å². The van der Waals surface area contributed by atoms with Crippen molar-refractivity contribution in [3.63, 3.8) is 0 Å². The largest absolute Gasteiger partial charge is 0.395 e. The Morgan fingerprint density at radius 3 is 2.62 bits per heavy atom. The molecule has 1 heterocycles. The fourth-order valence-electron chi connectivity index (χ4n) is 2.10.